The minimum absolute atomic E-state index is 0.0703. The predicted octanol–water partition coefficient (Wildman–Crippen LogP) is 2.52. The predicted molar refractivity (Wildman–Crippen MR) is 99.9 cm³/mol. The number of carbonyl (C=O) groups excluding carboxylic acids is 2. The van der Waals surface area contributed by atoms with Crippen LogP contribution in [0.15, 0.2) is 29.6 Å². The lowest BCUT2D eigenvalue weighted by molar-refractivity contribution is -0.120. The third-order valence-electron chi connectivity index (χ3n) is 4.01. The van der Waals surface area contributed by atoms with E-state index in [2.05, 4.69) is 10.6 Å². The van der Waals surface area contributed by atoms with Crippen molar-refractivity contribution < 1.29 is 19.1 Å². The zero-order chi connectivity index (χ0) is 18.5. The van der Waals surface area contributed by atoms with E-state index in [-0.39, 0.29) is 24.5 Å². The van der Waals surface area contributed by atoms with Crippen molar-refractivity contribution in [3.63, 3.8) is 0 Å². The average Bonchev–Trinajstić information content (AvgIpc) is 3.26. The Labute approximate surface area is 156 Å². The topological polar surface area (TPSA) is 76.7 Å². The summed E-state index contributed by atoms with van der Waals surface area (Å²) in [7, 11) is 0. The molecule has 6 nitrogen and oxygen atoms in total. The summed E-state index contributed by atoms with van der Waals surface area (Å²) in [6.07, 6.45) is 1.01. The number of hydrogen-bond acceptors (Lipinski definition) is 5. The van der Waals surface area contributed by atoms with Crippen LogP contribution < -0.4 is 20.1 Å². The van der Waals surface area contributed by atoms with Gasteiger partial charge in [-0.3, -0.25) is 9.59 Å². The van der Waals surface area contributed by atoms with Crippen molar-refractivity contribution in [1.82, 2.24) is 10.6 Å². The van der Waals surface area contributed by atoms with Crippen molar-refractivity contribution in [1.29, 1.82) is 0 Å². The second-order valence-electron chi connectivity index (χ2n) is 6.07. The Balaban J connectivity index is 1.57. The smallest absolute Gasteiger partial charge is 0.261 e. The quantitative estimate of drug-likeness (QED) is 0.781. The molecule has 2 aromatic rings. The highest BCUT2D eigenvalue weighted by molar-refractivity contribution is 7.12. The molecule has 1 aliphatic heterocycles. The number of thiophene rings is 1. The highest BCUT2D eigenvalue weighted by atomic mass is 32.1. The van der Waals surface area contributed by atoms with Crippen LogP contribution in [0.2, 0.25) is 0 Å². The van der Waals surface area contributed by atoms with Crippen LogP contribution in [-0.2, 0) is 17.8 Å². The van der Waals surface area contributed by atoms with Gasteiger partial charge in [0.25, 0.3) is 5.91 Å². The standard InChI is InChI=1S/C19H22N2O4S/c1-3-24-15-8-13-7-12(2)25-16(13)9-14(15)10-20-18(22)11-21-19(23)17-5-4-6-26-17/h4-6,8-9,12H,3,7,10-11H2,1-2H3,(H,20,22)(H,21,23)/t12-/m1/s1. The zero-order valence-corrected chi connectivity index (χ0v) is 15.7. The Morgan fingerprint density at radius 2 is 2.19 bits per heavy atom. The number of carbonyl (C=O) groups is 2. The van der Waals surface area contributed by atoms with Crippen molar-refractivity contribution in [2.24, 2.45) is 0 Å². The summed E-state index contributed by atoms with van der Waals surface area (Å²) in [6, 6.07) is 7.43. The molecule has 0 spiro atoms. The van der Waals surface area contributed by atoms with Crippen LogP contribution in [0.25, 0.3) is 0 Å². The Morgan fingerprint density at radius 1 is 1.35 bits per heavy atom. The lowest BCUT2D eigenvalue weighted by atomic mass is 10.1. The van der Waals surface area contributed by atoms with Crippen LogP contribution in [0, 0.1) is 0 Å². The summed E-state index contributed by atoms with van der Waals surface area (Å²) >= 11 is 1.34. The Morgan fingerprint density at radius 3 is 2.92 bits per heavy atom. The molecule has 2 amide bonds. The van der Waals surface area contributed by atoms with Gasteiger partial charge in [0.15, 0.2) is 0 Å². The van der Waals surface area contributed by atoms with E-state index in [1.165, 1.54) is 11.3 Å². The summed E-state index contributed by atoms with van der Waals surface area (Å²) in [6.45, 7) is 4.74. The van der Waals surface area contributed by atoms with Gasteiger partial charge in [-0.05, 0) is 37.4 Å². The molecule has 0 radical (unpaired) electrons. The van der Waals surface area contributed by atoms with Crippen LogP contribution in [0.1, 0.15) is 34.6 Å². The maximum Gasteiger partial charge on any atom is 0.261 e. The monoisotopic (exact) mass is 374 g/mol. The van der Waals surface area contributed by atoms with Gasteiger partial charge >= 0.3 is 0 Å². The lowest BCUT2D eigenvalue weighted by Gasteiger charge is -2.13. The number of fused-ring (bicyclic) bond motifs is 1. The van der Waals surface area contributed by atoms with Gasteiger partial charge in [-0.2, -0.15) is 0 Å². The van der Waals surface area contributed by atoms with Gasteiger partial charge in [0, 0.05) is 24.1 Å². The molecule has 2 N–H and O–H groups in total. The number of amides is 2. The van der Waals surface area contributed by atoms with E-state index in [1.54, 1.807) is 12.1 Å². The number of nitrogens with one attached hydrogen (secondary N) is 2. The number of benzene rings is 1. The highest BCUT2D eigenvalue weighted by Gasteiger charge is 2.22. The van der Waals surface area contributed by atoms with Gasteiger partial charge in [0.2, 0.25) is 5.91 Å². The summed E-state index contributed by atoms with van der Waals surface area (Å²) in [5.41, 5.74) is 1.98. The molecule has 0 unspecified atom stereocenters. The summed E-state index contributed by atoms with van der Waals surface area (Å²) < 4.78 is 11.5. The molecule has 26 heavy (non-hydrogen) atoms. The third-order valence-corrected chi connectivity index (χ3v) is 4.88. The normalized spacial score (nSPS) is 15.1. The van der Waals surface area contributed by atoms with Gasteiger partial charge in [-0.15, -0.1) is 11.3 Å². The van der Waals surface area contributed by atoms with E-state index >= 15 is 0 Å². The van der Waals surface area contributed by atoms with E-state index in [9.17, 15) is 9.59 Å². The molecule has 0 saturated heterocycles. The molecule has 0 saturated carbocycles. The first-order valence-corrected chi connectivity index (χ1v) is 9.48. The molecule has 0 bridgehead atoms. The van der Waals surface area contributed by atoms with E-state index in [0.29, 0.717) is 18.0 Å². The maximum absolute atomic E-state index is 12.1. The Kier molecular flexibility index (Phi) is 5.78. The number of rotatable bonds is 7. The van der Waals surface area contributed by atoms with Crippen LogP contribution in [0.4, 0.5) is 0 Å². The van der Waals surface area contributed by atoms with Crippen LogP contribution in [-0.4, -0.2) is 31.1 Å². The zero-order valence-electron chi connectivity index (χ0n) is 14.8. The summed E-state index contributed by atoms with van der Waals surface area (Å²) in [5.74, 6) is 1.10. The van der Waals surface area contributed by atoms with Gasteiger partial charge in [-0.25, -0.2) is 0 Å². The van der Waals surface area contributed by atoms with Gasteiger partial charge in [0.1, 0.15) is 17.6 Å². The molecule has 1 aromatic carbocycles. The molecular formula is C19H22N2O4S. The molecule has 0 aliphatic carbocycles. The average molecular weight is 374 g/mol. The first kappa shape index (κ1) is 18.3. The SMILES string of the molecule is CCOc1cc2c(cc1CNC(=O)CNC(=O)c1cccs1)O[C@H](C)C2. The Hall–Kier alpha value is -2.54. The summed E-state index contributed by atoms with van der Waals surface area (Å²) in [4.78, 5) is 24.5. The van der Waals surface area contributed by atoms with E-state index in [0.717, 1.165) is 29.0 Å². The van der Waals surface area contributed by atoms with Gasteiger partial charge < -0.3 is 20.1 Å². The maximum atomic E-state index is 12.1. The molecule has 3 rings (SSSR count). The van der Waals surface area contributed by atoms with Crippen molar-refractivity contribution >= 4 is 23.2 Å². The molecule has 7 heteroatoms. The number of ether oxygens (including phenoxy) is 2. The molecule has 2 heterocycles. The first-order chi connectivity index (χ1) is 12.6. The molecule has 1 aliphatic rings. The molecule has 0 fully saturated rings. The van der Waals surface area contributed by atoms with Crippen LogP contribution in [0.5, 0.6) is 11.5 Å². The highest BCUT2D eigenvalue weighted by Crippen LogP contribution is 2.35. The van der Waals surface area contributed by atoms with E-state index < -0.39 is 0 Å². The van der Waals surface area contributed by atoms with Crippen molar-refractivity contribution in [3.05, 3.63) is 45.6 Å². The minimum Gasteiger partial charge on any atom is -0.494 e. The second-order valence-corrected chi connectivity index (χ2v) is 7.02. The van der Waals surface area contributed by atoms with Crippen molar-refractivity contribution in [2.45, 2.75) is 32.9 Å². The lowest BCUT2D eigenvalue weighted by Crippen LogP contribution is -2.36. The van der Waals surface area contributed by atoms with Crippen LogP contribution >= 0.6 is 11.3 Å². The minimum atomic E-state index is -0.257. The number of hydrogen-bond donors (Lipinski definition) is 2. The summed E-state index contributed by atoms with van der Waals surface area (Å²) in [5, 5.41) is 7.25. The van der Waals surface area contributed by atoms with Gasteiger partial charge in [0.05, 0.1) is 18.0 Å². The van der Waals surface area contributed by atoms with E-state index in [1.807, 2.05) is 31.4 Å². The fraction of sp³-hybridized carbons (Fsp3) is 0.368. The Bertz CT molecular complexity index is 789. The van der Waals surface area contributed by atoms with Gasteiger partial charge in [-0.1, -0.05) is 6.07 Å². The van der Waals surface area contributed by atoms with Crippen molar-refractivity contribution in [2.75, 3.05) is 13.2 Å². The fourth-order valence-corrected chi connectivity index (χ4v) is 3.46. The van der Waals surface area contributed by atoms with E-state index in [4.69, 9.17) is 9.47 Å². The second kappa shape index (κ2) is 8.23. The molecule has 138 valence electrons. The molecular weight excluding hydrogens is 352 g/mol. The van der Waals surface area contributed by atoms with Crippen LogP contribution in [0.3, 0.4) is 0 Å². The largest absolute Gasteiger partial charge is 0.494 e. The first-order valence-electron chi connectivity index (χ1n) is 8.60. The molecule has 1 aromatic heterocycles. The van der Waals surface area contributed by atoms with Crippen molar-refractivity contribution in [3.8, 4) is 11.5 Å². The molecule has 1 atom stereocenters. The fourth-order valence-electron chi connectivity index (χ4n) is 2.82. The third kappa shape index (κ3) is 4.35.